The summed E-state index contributed by atoms with van der Waals surface area (Å²) in [5.41, 5.74) is 3.49. The Labute approximate surface area is 182 Å². The number of rotatable bonds is 4. The first kappa shape index (κ1) is 20.2. The summed E-state index contributed by atoms with van der Waals surface area (Å²) < 4.78 is 7.98. The van der Waals surface area contributed by atoms with E-state index >= 15 is 0 Å². The summed E-state index contributed by atoms with van der Waals surface area (Å²) in [7, 11) is 0. The first-order valence-corrected chi connectivity index (χ1v) is 11.1. The predicted octanol–water partition coefficient (Wildman–Crippen LogP) is 2.99. The van der Waals surface area contributed by atoms with Crippen LogP contribution in [0.3, 0.4) is 0 Å². The zero-order chi connectivity index (χ0) is 21.4. The van der Waals surface area contributed by atoms with E-state index in [-0.39, 0.29) is 18.0 Å². The molecular formula is C24H29N5O2. The normalized spacial score (nSPS) is 22.1. The Balaban J connectivity index is 1.31. The Hall–Kier alpha value is -2.77. The molecule has 3 aromatic rings. The van der Waals surface area contributed by atoms with E-state index in [4.69, 9.17) is 4.74 Å². The fourth-order valence-electron chi connectivity index (χ4n) is 4.76. The van der Waals surface area contributed by atoms with Crippen molar-refractivity contribution in [2.45, 2.75) is 32.5 Å². The topological polar surface area (TPSA) is 63.5 Å². The maximum Gasteiger partial charge on any atom is 0.255 e. The molecule has 0 unspecified atom stereocenters. The van der Waals surface area contributed by atoms with Crippen molar-refractivity contribution in [3.63, 3.8) is 0 Å². The van der Waals surface area contributed by atoms with Crippen LogP contribution in [0.4, 0.5) is 0 Å². The van der Waals surface area contributed by atoms with Crippen LogP contribution in [-0.4, -0.2) is 69.1 Å². The minimum Gasteiger partial charge on any atom is -0.378 e. The average Bonchev–Trinajstić information content (AvgIpc) is 3.19. The van der Waals surface area contributed by atoms with Crippen molar-refractivity contribution in [2.24, 2.45) is 5.92 Å². The van der Waals surface area contributed by atoms with Crippen LogP contribution >= 0.6 is 0 Å². The van der Waals surface area contributed by atoms with Gasteiger partial charge in [-0.2, -0.15) is 0 Å². The SMILES string of the molecule is CC(C)Cn1cnc2cc(C(=O)N3CCN4[C@@H](COC[C@@H]4c4ccccc4)C3)cnc21. The molecule has 1 aromatic carbocycles. The van der Waals surface area contributed by atoms with Crippen LogP contribution in [0.5, 0.6) is 0 Å². The molecule has 5 rings (SSSR count). The first-order valence-electron chi connectivity index (χ1n) is 11.1. The van der Waals surface area contributed by atoms with Gasteiger partial charge in [0.2, 0.25) is 0 Å². The van der Waals surface area contributed by atoms with Crippen molar-refractivity contribution in [3.8, 4) is 0 Å². The van der Waals surface area contributed by atoms with E-state index in [0.717, 1.165) is 24.3 Å². The molecule has 4 heterocycles. The van der Waals surface area contributed by atoms with Gasteiger partial charge in [0.15, 0.2) is 5.65 Å². The van der Waals surface area contributed by atoms with Crippen molar-refractivity contribution in [1.82, 2.24) is 24.3 Å². The predicted molar refractivity (Wildman–Crippen MR) is 119 cm³/mol. The molecule has 7 nitrogen and oxygen atoms in total. The lowest BCUT2D eigenvalue weighted by Gasteiger charge is -2.48. The second kappa shape index (κ2) is 8.40. The molecule has 31 heavy (non-hydrogen) atoms. The second-order valence-corrected chi connectivity index (χ2v) is 8.96. The number of morpholine rings is 1. The Kier molecular flexibility index (Phi) is 5.46. The zero-order valence-corrected chi connectivity index (χ0v) is 18.1. The Bertz CT molecular complexity index is 1060. The van der Waals surface area contributed by atoms with Gasteiger partial charge in [0.25, 0.3) is 5.91 Å². The molecule has 0 spiro atoms. The molecule has 7 heteroatoms. The molecule has 162 valence electrons. The number of piperazine rings is 1. The van der Waals surface area contributed by atoms with Crippen molar-refractivity contribution < 1.29 is 9.53 Å². The van der Waals surface area contributed by atoms with E-state index in [1.807, 2.05) is 23.4 Å². The standard InChI is InChI=1S/C24H29N5O2/c1-17(2)12-28-16-26-21-10-19(11-25-23(21)28)24(30)27-8-9-29-20(13-27)14-31-15-22(29)18-6-4-3-5-7-18/h3-7,10-11,16-17,20,22H,8-9,12-15H2,1-2H3/t20-,22-/m1/s1. The van der Waals surface area contributed by atoms with Crippen molar-refractivity contribution in [3.05, 3.63) is 60.0 Å². The summed E-state index contributed by atoms with van der Waals surface area (Å²) in [4.78, 5) is 26.7. The van der Waals surface area contributed by atoms with Crippen LogP contribution < -0.4 is 0 Å². The Morgan fingerprint density at radius 3 is 2.81 bits per heavy atom. The smallest absolute Gasteiger partial charge is 0.255 e. The number of hydrogen-bond donors (Lipinski definition) is 0. The summed E-state index contributed by atoms with van der Waals surface area (Å²) in [6.45, 7) is 8.78. The van der Waals surface area contributed by atoms with E-state index in [9.17, 15) is 4.79 Å². The minimum atomic E-state index is 0.0225. The lowest BCUT2D eigenvalue weighted by Crippen LogP contribution is -2.60. The molecular weight excluding hydrogens is 390 g/mol. The lowest BCUT2D eigenvalue weighted by atomic mass is 10.00. The van der Waals surface area contributed by atoms with Gasteiger partial charge in [0.05, 0.1) is 37.2 Å². The molecule has 2 aromatic heterocycles. The van der Waals surface area contributed by atoms with E-state index in [1.165, 1.54) is 5.56 Å². The molecule has 0 aliphatic carbocycles. The number of fused-ring (bicyclic) bond motifs is 2. The number of imidazole rings is 1. The highest BCUT2D eigenvalue weighted by Crippen LogP contribution is 2.30. The maximum absolute atomic E-state index is 13.2. The fraction of sp³-hybridized carbons (Fsp3) is 0.458. The number of carbonyl (C=O) groups excluding carboxylic acids is 1. The number of aromatic nitrogens is 3. The van der Waals surface area contributed by atoms with Gasteiger partial charge in [0.1, 0.15) is 5.52 Å². The van der Waals surface area contributed by atoms with Crippen LogP contribution in [0.2, 0.25) is 0 Å². The first-order chi connectivity index (χ1) is 15.1. The summed E-state index contributed by atoms with van der Waals surface area (Å²) in [6, 6.07) is 12.8. The number of nitrogens with zero attached hydrogens (tertiary/aromatic N) is 5. The quantitative estimate of drug-likeness (QED) is 0.651. The van der Waals surface area contributed by atoms with E-state index in [0.29, 0.717) is 37.8 Å². The lowest BCUT2D eigenvalue weighted by molar-refractivity contribution is -0.0770. The highest BCUT2D eigenvalue weighted by molar-refractivity contribution is 5.96. The highest BCUT2D eigenvalue weighted by Gasteiger charge is 2.37. The summed E-state index contributed by atoms with van der Waals surface area (Å²) in [5.74, 6) is 0.531. The number of hydrogen-bond acceptors (Lipinski definition) is 5. The molecule has 0 N–H and O–H groups in total. The van der Waals surface area contributed by atoms with Gasteiger partial charge in [-0.05, 0) is 17.5 Å². The zero-order valence-electron chi connectivity index (χ0n) is 18.1. The van der Waals surface area contributed by atoms with Crippen molar-refractivity contribution in [1.29, 1.82) is 0 Å². The van der Waals surface area contributed by atoms with Gasteiger partial charge in [-0.25, -0.2) is 9.97 Å². The van der Waals surface area contributed by atoms with Gasteiger partial charge in [-0.1, -0.05) is 44.2 Å². The number of carbonyl (C=O) groups is 1. The highest BCUT2D eigenvalue weighted by atomic mass is 16.5. The van der Waals surface area contributed by atoms with Crippen LogP contribution in [0.15, 0.2) is 48.9 Å². The third kappa shape index (κ3) is 3.95. The molecule has 0 radical (unpaired) electrons. The molecule has 2 fully saturated rings. The average molecular weight is 420 g/mol. The van der Waals surface area contributed by atoms with Gasteiger partial charge < -0.3 is 14.2 Å². The van der Waals surface area contributed by atoms with Crippen molar-refractivity contribution >= 4 is 17.1 Å². The second-order valence-electron chi connectivity index (χ2n) is 8.96. The Morgan fingerprint density at radius 1 is 1.16 bits per heavy atom. The monoisotopic (exact) mass is 419 g/mol. The molecule has 2 aliphatic heterocycles. The molecule has 2 aliphatic rings. The molecule has 0 bridgehead atoms. The minimum absolute atomic E-state index is 0.0225. The van der Waals surface area contributed by atoms with Gasteiger partial charge in [-0.15, -0.1) is 0 Å². The summed E-state index contributed by atoms with van der Waals surface area (Å²) in [5, 5.41) is 0. The third-order valence-corrected chi connectivity index (χ3v) is 6.25. The van der Waals surface area contributed by atoms with E-state index < -0.39 is 0 Å². The summed E-state index contributed by atoms with van der Waals surface area (Å²) in [6.07, 6.45) is 3.51. The Morgan fingerprint density at radius 2 is 2.00 bits per heavy atom. The van der Waals surface area contributed by atoms with E-state index in [2.05, 4.69) is 57.5 Å². The van der Waals surface area contributed by atoms with Crippen LogP contribution in [0.25, 0.3) is 11.2 Å². The van der Waals surface area contributed by atoms with E-state index in [1.54, 1.807) is 6.20 Å². The molecule has 1 amide bonds. The number of pyridine rings is 1. The molecule has 2 atom stereocenters. The number of ether oxygens (including phenoxy) is 1. The third-order valence-electron chi connectivity index (χ3n) is 6.25. The van der Waals surface area contributed by atoms with Crippen LogP contribution in [0, 0.1) is 5.92 Å². The molecule has 0 saturated carbocycles. The maximum atomic E-state index is 13.2. The van der Waals surface area contributed by atoms with Crippen LogP contribution in [0.1, 0.15) is 35.8 Å². The summed E-state index contributed by atoms with van der Waals surface area (Å²) >= 11 is 0. The molecule has 2 saturated heterocycles. The largest absolute Gasteiger partial charge is 0.378 e. The van der Waals surface area contributed by atoms with Crippen LogP contribution in [-0.2, 0) is 11.3 Å². The van der Waals surface area contributed by atoms with Crippen molar-refractivity contribution in [2.75, 3.05) is 32.8 Å². The van der Waals surface area contributed by atoms with Gasteiger partial charge in [-0.3, -0.25) is 9.69 Å². The number of benzene rings is 1. The van der Waals surface area contributed by atoms with Gasteiger partial charge >= 0.3 is 0 Å². The van der Waals surface area contributed by atoms with Gasteiger partial charge in [0, 0.05) is 32.4 Å². The fourth-order valence-corrected chi connectivity index (χ4v) is 4.76. The number of amides is 1.